The summed E-state index contributed by atoms with van der Waals surface area (Å²) in [7, 11) is 0. The molecule has 0 bridgehead atoms. The number of hydrogen-bond acceptors (Lipinski definition) is 4. The van der Waals surface area contributed by atoms with E-state index in [0.717, 1.165) is 35.4 Å². The number of hydrogen-bond donors (Lipinski definition) is 0. The summed E-state index contributed by atoms with van der Waals surface area (Å²) in [6, 6.07) is 17.6. The van der Waals surface area contributed by atoms with Crippen molar-refractivity contribution in [3.63, 3.8) is 0 Å². The molecular formula is C24H25N3O2S. The van der Waals surface area contributed by atoms with Gasteiger partial charge in [-0.1, -0.05) is 43.3 Å². The summed E-state index contributed by atoms with van der Waals surface area (Å²) < 4.78 is 1.64. The minimum absolute atomic E-state index is 0.00772. The predicted molar refractivity (Wildman–Crippen MR) is 119 cm³/mol. The summed E-state index contributed by atoms with van der Waals surface area (Å²) in [5.41, 5.74) is 1.56. The molecule has 1 amide bonds. The van der Waals surface area contributed by atoms with E-state index in [1.807, 2.05) is 40.6 Å². The molecule has 1 aliphatic carbocycles. The van der Waals surface area contributed by atoms with Gasteiger partial charge in [-0.2, -0.15) is 5.10 Å². The van der Waals surface area contributed by atoms with Crippen LogP contribution in [0.2, 0.25) is 0 Å². The van der Waals surface area contributed by atoms with Crippen LogP contribution in [0.15, 0.2) is 64.8 Å². The third-order valence-corrected chi connectivity index (χ3v) is 7.44. The molecule has 30 heavy (non-hydrogen) atoms. The van der Waals surface area contributed by atoms with E-state index < -0.39 is 0 Å². The fourth-order valence-electron chi connectivity index (χ4n) is 4.71. The van der Waals surface area contributed by atoms with E-state index in [1.165, 1.54) is 0 Å². The summed E-state index contributed by atoms with van der Waals surface area (Å²) in [5, 5.41) is 6.69. The molecule has 1 saturated carbocycles. The van der Waals surface area contributed by atoms with Crippen LogP contribution < -0.4 is 5.56 Å². The van der Waals surface area contributed by atoms with Crippen molar-refractivity contribution in [1.82, 2.24) is 14.7 Å². The zero-order chi connectivity index (χ0) is 20.7. The molecule has 2 atom stereocenters. The minimum Gasteiger partial charge on any atom is -0.342 e. The van der Waals surface area contributed by atoms with Gasteiger partial charge in [-0.15, -0.1) is 11.3 Å². The number of benzene rings is 1. The van der Waals surface area contributed by atoms with E-state index in [2.05, 4.69) is 24.2 Å². The second-order valence-corrected chi connectivity index (χ2v) is 9.46. The van der Waals surface area contributed by atoms with Gasteiger partial charge in [0.2, 0.25) is 5.91 Å². The molecule has 1 aliphatic heterocycles. The summed E-state index contributed by atoms with van der Waals surface area (Å²) in [6.45, 7) is 3.45. The minimum atomic E-state index is -0.331. The third-order valence-electron chi connectivity index (χ3n) is 6.55. The van der Waals surface area contributed by atoms with Gasteiger partial charge in [0.15, 0.2) is 0 Å². The third kappa shape index (κ3) is 3.29. The molecule has 1 saturated heterocycles. The zero-order valence-corrected chi connectivity index (χ0v) is 17.8. The van der Waals surface area contributed by atoms with Gasteiger partial charge >= 0.3 is 0 Å². The number of piperidine rings is 1. The van der Waals surface area contributed by atoms with Crippen molar-refractivity contribution in [2.75, 3.05) is 13.1 Å². The van der Waals surface area contributed by atoms with Gasteiger partial charge in [0.25, 0.3) is 5.56 Å². The van der Waals surface area contributed by atoms with Gasteiger partial charge in [0.05, 0.1) is 16.3 Å². The van der Waals surface area contributed by atoms with Crippen LogP contribution >= 0.6 is 11.3 Å². The van der Waals surface area contributed by atoms with Crippen LogP contribution in [0.5, 0.6) is 0 Å². The van der Waals surface area contributed by atoms with E-state index in [-0.39, 0.29) is 28.8 Å². The first-order valence-electron chi connectivity index (χ1n) is 10.6. The average molecular weight is 420 g/mol. The second-order valence-electron chi connectivity index (χ2n) is 8.51. The maximum Gasteiger partial charge on any atom is 0.267 e. The fourth-order valence-corrected chi connectivity index (χ4v) is 5.40. The van der Waals surface area contributed by atoms with Gasteiger partial charge in [-0.3, -0.25) is 9.59 Å². The smallest absolute Gasteiger partial charge is 0.267 e. The molecule has 2 fully saturated rings. The lowest BCUT2D eigenvalue weighted by Crippen LogP contribution is -2.49. The monoisotopic (exact) mass is 419 g/mol. The first-order valence-corrected chi connectivity index (χ1v) is 11.5. The van der Waals surface area contributed by atoms with Crippen LogP contribution in [0.3, 0.4) is 0 Å². The van der Waals surface area contributed by atoms with Crippen molar-refractivity contribution in [1.29, 1.82) is 0 Å². The van der Waals surface area contributed by atoms with Crippen LogP contribution in [-0.4, -0.2) is 33.7 Å². The molecule has 3 heterocycles. The fraction of sp³-hybridized carbons (Fsp3) is 0.375. The second kappa shape index (κ2) is 7.51. The molecule has 5 nitrogen and oxygen atoms in total. The van der Waals surface area contributed by atoms with E-state index in [1.54, 1.807) is 28.2 Å². The van der Waals surface area contributed by atoms with Crippen molar-refractivity contribution in [2.24, 2.45) is 5.92 Å². The Balaban J connectivity index is 1.35. The molecule has 2 unspecified atom stereocenters. The Hall–Kier alpha value is -2.73. The predicted octanol–water partition coefficient (Wildman–Crippen LogP) is 4.11. The van der Waals surface area contributed by atoms with Gasteiger partial charge in [0, 0.05) is 19.2 Å². The van der Waals surface area contributed by atoms with E-state index in [9.17, 15) is 9.59 Å². The van der Waals surface area contributed by atoms with Gasteiger partial charge in [-0.25, -0.2) is 4.68 Å². The number of aromatic nitrogens is 2. The first-order chi connectivity index (χ1) is 14.6. The molecule has 0 radical (unpaired) electrons. The van der Waals surface area contributed by atoms with Crippen LogP contribution in [0.4, 0.5) is 0 Å². The molecule has 0 N–H and O–H groups in total. The maximum atomic E-state index is 13.4. The van der Waals surface area contributed by atoms with Crippen molar-refractivity contribution < 1.29 is 4.79 Å². The molecule has 1 aromatic carbocycles. The summed E-state index contributed by atoms with van der Waals surface area (Å²) in [6.07, 6.45) is 2.60. The highest BCUT2D eigenvalue weighted by Crippen LogP contribution is 2.50. The lowest BCUT2D eigenvalue weighted by atomic mass is 9.90. The van der Waals surface area contributed by atoms with Crippen LogP contribution in [0, 0.1) is 5.92 Å². The SMILES string of the molecule is CC1CN(C(=O)C2(c3ccccc3)CC2)CCC1n1nc(-c2cccs2)ccc1=O. The van der Waals surface area contributed by atoms with E-state index in [0.29, 0.717) is 13.1 Å². The van der Waals surface area contributed by atoms with Crippen molar-refractivity contribution in [3.8, 4) is 10.6 Å². The summed E-state index contributed by atoms with van der Waals surface area (Å²) >= 11 is 1.62. The number of thiophene rings is 1. The number of nitrogens with zero attached hydrogens (tertiary/aromatic N) is 3. The highest BCUT2D eigenvalue weighted by atomic mass is 32.1. The van der Waals surface area contributed by atoms with Crippen molar-refractivity contribution in [2.45, 2.75) is 37.6 Å². The molecule has 6 heteroatoms. The van der Waals surface area contributed by atoms with Crippen LogP contribution in [0.25, 0.3) is 10.6 Å². The Morgan fingerprint density at radius 1 is 1.10 bits per heavy atom. The number of carbonyl (C=O) groups excluding carboxylic acids is 1. The Labute approximate surface area is 180 Å². The lowest BCUT2D eigenvalue weighted by Gasteiger charge is -2.38. The first kappa shape index (κ1) is 19.2. The zero-order valence-electron chi connectivity index (χ0n) is 17.0. The molecule has 0 spiro atoms. The van der Waals surface area contributed by atoms with E-state index >= 15 is 0 Å². The molecular weight excluding hydrogens is 394 g/mol. The molecule has 2 aliphatic rings. The quantitative estimate of drug-likeness (QED) is 0.639. The van der Waals surface area contributed by atoms with Crippen molar-refractivity contribution >= 4 is 17.2 Å². The molecule has 5 rings (SSSR count). The Bertz CT molecular complexity index is 1100. The van der Waals surface area contributed by atoms with Gasteiger partial charge < -0.3 is 4.90 Å². The highest BCUT2D eigenvalue weighted by molar-refractivity contribution is 7.13. The Kier molecular flexibility index (Phi) is 4.82. The number of rotatable bonds is 4. The normalized spacial score (nSPS) is 22.6. The topological polar surface area (TPSA) is 55.2 Å². The van der Waals surface area contributed by atoms with Gasteiger partial charge in [-0.05, 0) is 48.3 Å². The highest BCUT2D eigenvalue weighted by Gasteiger charge is 2.53. The maximum absolute atomic E-state index is 13.4. The lowest BCUT2D eigenvalue weighted by molar-refractivity contribution is -0.136. The number of likely N-dealkylation sites (tertiary alicyclic amines) is 1. The largest absolute Gasteiger partial charge is 0.342 e. The number of amides is 1. The molecule has 3 aromatic rings. The summed E-state index contributed by atoms with van der Waals surface area (Å²) in [4.78, 5) is 29.0. The standard InChI is InChI=1S/C24H25N3O2S/c1-17-16-26(23(29)24(12-13-24)18-6-3-2-4-7-18)14-11-20(17)27-22(28)10-9-19(25-27)21-8-5-15-30-21/h2-10,15,17,20H,11-14,16H2,1H3. The summed E-state index contributed by atoms with van der Waals surface area (Å²) in [5.74, 6) is 0.407. The Morgan fingerprint density at radius 3 is 2.57 bits per heavy atom. The Morgan fingerprint density at radius 2 is 1.90 bits per heavy atom. The molecule has 2 aromatic heterocycles. The van der Waals surface area contributed by atoms with Crippen molar-refractivity contribution in [3.05, 3.63) is 75.9 Å². The van der Waals surface area contributed by atoms with Crippen LogP contribution in [0.1, 0.15) is 37.8 Å². The molecule has 154 valence electrons. The van der Waals surface area contributed by atoms with Gasteiger partial charge in [0.1, 0.15) is 5.69 Å². The number of carbonyl (C=O) groups is 1. The average Bonchev–Trinajstić information content (AvgIpc) is 3.41. The van der Waals surface area contributed by atoms with Crippen LogP contribution in [-0.2, 0) is 10.2 Å². The van der Waals surface area contributed by atoms with E-state index in [4.69, 9.17) is 0 Å².